The molecule has 1 amide bonds. The van der Waals surface area contributed by atoms with E-state index in [9.17, 15) is 4.79 Å². The van der Waals surface area contributed by atoms with Crippen molar-refractivity contribution in [2.45, 2.75) is 6.42 Å². The summed E-state index contributed by atoms with van der Waals surface area (Å²) in [5, 5.41) is 6.00. The van der Waals surface area contributed by atoms with Crippen molar-refractivity contribution in [3.8, 4) is 0 Å². The number of benzene rings is 1. The first-order valence-electron chi connectivity index (χ1n) is 6.88. The van der Waals surface area contributed by atoms with Crippen LogP contribution in [0.5, 0.6) is 0 Å². The minimum absolute atomic E-state index is 0.00547. The van der Waals surface area contributed by atoms with E-state index in [1.165, 1.54) is 0 Å². The maximum atomic E-state index is 12.2. The van der Waals surface area contributed by atoms with Gasteiger partial charge >= 0.3 is 0 Å². The van der Waals surface area contributed by atoms with Gasteiger partial charge in [0.25, 0.3) is 0 Å². The van der Waals surface area contributed by atoms with Gasteiger partial charge in [0.2, 0.25) is 5.91 Å². The molecule has 0 radical (unpaired) electrons. The molecule has 1 N–H and O–H groups in total. The van der Waals surface area contributed by atoms with Gasteiger partial charge in [0.15, 0.2) is 5.17 Å². The topological polar surface area (TPSA) is 47.9 Å². The lowest BCUT2D eigenvalue weighted by Crippen LogP contribution is -2.24. The highest BCUT2D eigenvalue weighted by molar-refractivity contribution is 8.16. The van der Waals surface area contributed by atoms with Crippen molar-refractivity contribution in [1.29, 1.82) is 0 Å². The standard InChI is InChI=1S/C15H18N4OS/c1-18(2)12-5-3-4-11(8-12)17-14(20)9-13-10-21-15-16-6-7-19(13)15/h3-5,8,10H,6-7,9H2,1-2H3,(H,17,20). The molecule has 1 aromatic carbocycles. The predicted molar refractivity (Wildman–Crippen MR) is 88.7 cm³/mol. The zero-order chi connectivity index (χ0) is 14.8. The molecule has 0 spiro atoms. The molecule has 21 heavy (non-hydrogen) atoms. The molecule has 0 aliphatic carbocycles. The number of fused-ring (bicyclic) bond motifs is 1. The van der Waals surface area contributed by atoms with Crippen molar-refractivity contribution >= 4 is 34.2 Å². The van der Waals surface area contributed by atoms with Crippen LogP contribution in [0.15, 0.2) is 40.4 Å². The fourth-order valence-electron chi connectivity index (χ4n) is 2.35. The Bertz CT molecular complexity index is 624. The van der Waals surface area contributed by atoms with Crippen molar-refractivity contribution in [1.82, 2.24) is 4.90 Å². The van der Waals surface area contributed by atoms with Crippen molar-refractivity contribution < 1.29 is 4.79 Å². The summed E-state index contributed by atoms with van der Waals surface area (Å²) in [5.41, 5.74) is 2.93. The number of amides is 1. The molecule has 110 valence electrons. The maximum Gasteiger partial charge on any atom is 0.230 e. The molecule has 2 heterocycles. The highest BCUT2D eigenvalue weighted by atomic mass is 32.2. The Hall–Kier alpha value is -1.95. The number of carbonyl (C=O) groups excluding carboxylic acids is 1. The Labute approximate surface area is 128 Å². The lowest BCUT2D eigenvalue weighted by molar-refractivity contribution is -0.115. The van der Waals surface area contributed by atoms with Gasteiger partial charge in [0.05, 0.1) is 13.0 Å². The Morgan fingerprint density at radius 2 is 2.33 bits per heavy atom. The fraction of sp³-hybridized carbons (Fsp3) is 0.333. The third kappa shape index (κ3) is 3.05. The van der Waals surface area contributed by atoms with Crippen molar-refractivity contribution in [2.75, 3.05) is 37.4 Å². The second-order valence-electron chi connectivity index (χ2n) is 5.21. The quantitative estimate of drug-likeness (QED) is 0.927. The number of nitrogens with one attached hydrogen (secondary N) is 1. The van der Waals surface area contributed by atoms with E-state index in [1.54, 1.807) is 11.8 Å². The summed E-state index contributed by atoms with van der Waals surface area (Å²) >= 11 is 1.60. The average molecular weight is 302 g/mol. The van der Waals surface area contributed by atoms with Gasteiger partial charge in [0.1, 0.15) is 0 Å². The molecule has 0 saturated heterocycles. The Morgan fingerprint density at radius 1 is 1.48 bits per heavy atom. The van der Waals surface area contributed by atoms with Gasteiger partial charge < -0.3 is 15.1 Å². The summed E-state index contributed by atoms with van der Waals surface area (Å²) in [6.07, 6.45) is 0.387. The zero-order valence-corrected chi connectivity index (χ0v) is 13.0. The monoisotopic (exact) mass is 302 g/mol. The van der Waals surface area contributed by atoms with Crippen molar-refractivity contribution in [3.63, 3.8) is 0 Å². The van der Waals surface area contributed by atoms with Crippen LogP contribution in [0.1, 0.15) is 6.42 Å². The van der Waals surface area contributed by atoms with Crippen LogP contribution in [-0.4, -0.2) is 43.2 Å². The van der Waals surface area contributed by atoms with E-state index >= 15 is 0 Å². The predicted octanol–water partition coefficient (Wildman–Crippen LogP) is 2.34. The molecule has 6 heteroatoms. The fourth-order valence-corrected chi connectivity index (χ4v) is 3.30. The van der Waals surface area contributed by atoms with Gasteiger partial charge in [-0.25, -0.2) is 0 Å². The first-order chi connectivity index (χ1) is 10.1. The summed E-state index contributed by atoms with van der Waals surface area (Å²) in [6.45, 7) is 1.71. The molecule has 3 rings (SSSR count). The number of hydrogen-bond donors (Lipinski definition) is 1. The van der Waals surface area contributed by atoms with E-state index in [2.05, 4.69) is 15.2 Å². The summed E-state index contributed by atoms with van der Waals surface area (Å²) in [4.78, 5) is 20.7. The lowest BCUT2D eigenvalue weighted by Gasteiger charge is -2.17. The summed E-state index contributed by atoms with van der Waals surface area (Å²) in [6, 6.07) is 7.84. The number of amidine groups is 1. The van der Waals surface area contributed by atoms with E-state index < -0.39 is 0 Å². The minimum Gasteiger partial charge on any atom is -0.378 e. The zero-order valence-electron chi connectivity index (χ0n) is 12.2. The molecule has 1 aromatic rings. The van der Waals surface area contributed by atoms with Crippen LogP contribution in [0.25, 0.3) is 0 Å². The Balaban J connectivity index is 1.62. The highest BCUT2D eigenvalue weighted by Crippen LogP contribution is 2.31. The second-order valence-corrected chi connectivity index (χ2v) is 6.05. The molecule has 0 unspecified atom stereocenters. The molecule has 0 aromatic heterocycles. The van der Waals surface area contributed by atoms with Gasteiger partial charge in [-0.05, 0) is 23.6 Å². The van der Waals surface area contributed by atoms with Crippen LogP contribution in [0.3, 0.4) is 0 Å². The number of aliphatic imine (C=N–C) groups is 1. The second kappa shape index (κ2) is 5.81. The highest BCUT2D eigenvalue weighted by Gasteiger charge is 2.27. The molecule has 0 fully saturated rings. The van der Waals surface area contributed by atoms with Crippen molar-refractivity contribution in [2.24, 2.45) is 4.99 Å². The van der Waals surface area contributed by atoms with Crippen LogP contribution in [0, 0.1) is 0 Å². The van der Waals surface area contributed by atoms with Crippen molar-refractivity contribution in [3.05, 3.63) is 35.4 Å². The third-order valence-electron chi connectivity index (χ3n) is 3.44. The normalized spacial score (nSPS) is 16.4. The number of carbonyl (C=O) groups is 1. The van der Waals surface area contributed by atoms with E-state index in [4.69, 9.17) is 0 Å². The Kier molecular flexibility index (Phi) is 3.88. The molecular weight excluding hydrogens is 284 g/mol. The van der Waals surface area contributed by atoms with E-state index in [0.29, 0.717) is 6.42 Å². The van der Waals surface area contributed by atoms with E-state index in [1.807, 2.05) is 48.7 Å². The SMILES string of the molecule is CN(C)c1cccc(NC(=O)CC2=CSC3=NCCN23)c1. The number of nitrogens with zero attached hydrogens (tertiary/aromatic N) is 3. The summed E-state index contributed by atoms with van der Waals surface area (Å²) in [5.74, 6) is 0.00547. The summed E-state index contributed by atoms with van der Waals surface area (Å²) < 4.78 is 0. The number of anilines is 2. The van der Waals surface area contributed by atoms with Gasteiger partial charge in [-0.2, -0.15) is 0 Å². The van der Waals surface area contributed by atoms with Crippen LogP contribution >= 0.6 is 11.8 Å². The lowest BCUT2D eigenvalue weighted by atomic mass is 10.2. The molecule has 2 aliphatic rings. The number of thioether (sulfide) groups is 1. The van der Waals surface area contributed by atoms with Gasteiger partial charge in [-0.3, -0.25) is 9.79 Å². The van der Waals surface area contributed by atoms with Crippen LogP contribution < -0.4 is 10.2 Å². The van der Waals surface area contributed by atoms with Gasteiger partial charge in [-0.15, -0.1) is 0 Å². The first-order valence-corrected chi connectivity index (χ1v) is 7.76. The number of hydrogen-bond acceptors (Lipinski definition) is 5. The Morgan fingerprint density at radius 3 is 3.14 bits per heavy atom. The minimum atomic E-state index is 0.00547. The molecule has 0 atom stereocenters. The third-order valence-corrected chi connectivity index (χ3v) is 4.39. The largest absolute Gasteiger partial charge is 0.378 e. The number of rotatable bonds is 4. The first kappa shape index (κ1) is 14.0. The van der Waals surface area contributed by atoms with E-state index in [-0.39, 0.29) is 5.91 Å². The van der Waals surface area contributed by atoms with Gasteiger partial charge in [0, 0.05) is 37.7 Å². The van der Waals surface area contributed by atoms with E-state index in [0.717, 1.165) is 35.3 Å². The van der Waals surface area contributed by atoms with Crippen LogP contribution in [0.4, 0.5) is 11.4 Å². The molecular formula is C15H18N4OS. The molecule has 0 bridgehead atoms. The maximum absolute atomic E-state index is 12.2. The smallest absolute Gasteiger partial charge is 0.230 e. The molecule has 0 saturated carbocycles. The average Bonchev–Trinajstić information content (AvgIpc) is 3.04. The van der Waals surface area contributed by atoms with Crippen LogP contribution in [-0.2, 0) is 4.79 Å². The van der Waals surface area contributed by atoms with Crippen LogP contribution in [0.2, 0.25) is 0 Å². The van der Waals surface area contributed by atoms with Gasteiger partial charge in [-0.1, -0.05) is 17.8 Å². The summed E-state index contributed by atoms with van der Waals surface area (Å²) in [7, 11) is 3.96. The molecule has 5 nitrogen and oxygen atoms in total. The molecule has 2 aliphatic heterocycles.